The Bertz CT molecular complexity index is 869. The first-order valence-corrected chi connectivity index (χ1v) is 6.30. The highest BCUT2D eigenvalue weighted by atomic mass is 19.4. The van der Waals surface area contributed by atoms with Crippen molar-refractivity contribution >= 4 is 16.6 Å². The third kappa shape index (κ3) is 2.30. The number of rotatable bonds is 2. The van der Waals surface area contributed by atoms with E-state index in [4.69, 9.17) is 0 Å². The van der Waals surface area contributed by atoms with Gasteiger partial charge in [0.05, 0.1) is 16.0 Å². The van der Waals surface area contributed by atoms with Gasteiger partial charge in [0.1, 0.15) is 5.69 Å². The molecule has 0 spiro atoms. The van der Waals surface area contributed by atoms with Crippen LogP contribution in [0.3, 0.4) is 0 Å². The highest BCUT2D eigenvalue weighted by Gasteiger charge is 2.33. The quantitative estimate of drug-likeness (QED) is 0.515. The van der Waals surface area contributed by atoms with E-state index in [9.17, 15) is 23.3 Å². The number of benzene rings is 2. The molecule has 0 aliphatic rings. The molecule has 0 radical (unpaired) electrons. The molecule has 0 saturated carbocycles. The molecule has 0 amide bonds. The van der Waals surface area contributed by atoms with E-state index < -0.39 is 22.4 Å². The predicted octanol–water partition coefficient (Wildman–Crippen LogP) is 4.56. The molecule has 0 atom stereocenters. The lowest BCUT2D eigenvalue weighted by atomic mass is 10.1. The molecule has 1 heterocycles. The minimum absolute atomic E-state index is 0.0965. The van der Waals surface area contributed by atoms with Crippen LogP contribution in [0.2, 0.25) is 0 Å². The lowest BCUT2D eigenvalue weighted by Gasteiger charge is -2.10. The molecule has 0 N–H and O–H groups in total. The lowest BCUT2D eigenvalue weighted by molar-refractivity contribution is -0.384. The number of aromatic nitrogens is 1. The molecule has 3 rings (SSSR count). The summed E-state index contributed by atoms with van der Waals surface area (Å²) in [7, 11) is 0. The number of fused-ring (bicyclic) bond motifs is 1. The van der Waals surface area contributed by atoms with Crippen molar-refractivity contribution in [3.63, 3.8) is 0 Å². The Kier molecular flexibility index (Phi) is 3.13. The van der Waals surface area contributed by atoms with Gasteiger partial charge in [-0.15, -0.1) is 0 Å². The van der Waals surface area contributed by atoms with Gasteiger partial charge in [-0.25, -0.2) is 0 Å². The predicted molar refractivity (Wildman–Crippen MR) is 74.9 cm³/mol. The molecule has 0 saturated heterocycles. The van der Waals surface area contributed by atoms with Gasteiger partial charge in [-0.2, -0.15) is 13.2 Å². The molecule has 22 heavy (non-hydrogen) atoms. The van der Waals surface area contributed by atoms with Crippen molar-refractivity contribution in [2.24, 2.45) is 0 Å². The maximum Gasteiger partial charge on any atom is 0.416 e. The van der Waals surface area contributed by atoms with E-state index in [-0.39, 0.29) is 5.69 Å². The molecule has 0 bridgehead atoms. The molecule has 4 nitrogen and oxygen atoms in total. The number of hydrogen-bond acceptors (Lipinski definition) is 2. The molecule has 0 unspecified atom stereocenters. The van der Waals surface area contributed by atoms with E-state index in [1.165, 1.54) is 4.57 Å². The summed E-state index contributed by atoms with van der Waals surface area (Å²) in [5, 5.41) is 12.0. The first-order chi connectivity index (χ1) is 10.4. The zero-order chi connectivity index (χ0) is 15.9. The fourth-order valence-corrected chi connectivity index (χ4v) is 2.34. The van der Waals surface area contributed by atoms with E-state index in [1.807, 2.05) is 12.1 Å². The van der Waals surface area contributed by atoms with Crippen LogP contribution >= 0.6 is 0 Å². The van der Waals surface area contributed by atoms with E-state index in [0.29, 0.717) is 11.6 Å². The molecule has 1 aromatic heterocycles. The fraction of sp³-hybridized carbons (Fsp3) is 0.0667. The molecule has 0 fully saturated rings. The number of para-hydroxylation sites is 1. The Morgan fingerprint density at radius 1 is 1.05 bits per heavy atom. The highest BCUT2D eigenvalue weighted by Crippen LogP contribution is 2.35. The van der Waals surface area contributed by atoms with Crippen LogP contribution in [0.1, 0.15) is 5.56 Å². The van der Waals surface area contributed by atoms with Gasteiger partial charge in [-0.3, -0.25) is 10.1 Å². The van der Waals surface area contributed by atoms with E-state index in [0.717, 1.165) is 17.5 Å². The average molecular weight is 306 g/mol. The van der Waals surface area contributed by atoms with Crippen LogP contribution in [-0.4, -0.2) is 9.49 Å². The standard InChI is InChI=1S/C15H9F3N2O2/c16-15(17,18)11-5-6-13(14(9-11)20(21)22)19-8-7-10-3-1-2-4-12(10)19/h1-9H. The molecule has 112 valence electrons. The van der Waals surface area contributed by atoms with Crippen molar-refractivity contribution in [1.82, 2.24) is 4.57 Å². The third-order valence-electron chi connectivity index (χ3n) is 3.36. The first-order valence-electron chi connectivity index (χ1n) is 6.30. The molecule has 0 aliphatic heterocycles. The maximum atomic E-state index is 12.7. The third-order valence-corrected chi connectivity index (χ3v) is 3.36. The molecule has 3 aromatic rings. The summed E-state index contributed by atoms with van der Waals surface area (Å²) in [5.74, 6) is 0. The van der Waals surface area contributed by atoms with E-state index in [2.05, 4.69) is 0 Å². The van der Waals surface area contributed by atoms with Gasteiger partial charge < -0.3 is 4.57 Å². The molecular formula is C15H9F3N2O2. The summed E-state index contributed by atoms with van der Waals surface area (Å²) in [6.45, 7) is 0. The number of nitro groups is 1. The van der Waals surface area contributed by atoms with Crippen molar-refractivity contribution in [2.75, 3.05) is 0 Å². The van der Waals surface area contributed by atoms with Gasteiger partial charge in [0.25, 0.3) is 5.69 Å². The minimum atomic E-state index is -4.62. The van der Waals surface area contributed by atoms with Gasteiger partial charge in [0, 0.05) is 12.3 Å². The molecule has 7 heteroatoms. The molecule has 2 aromatic carbocycles. The lowest BCUT2D eigenvalue weighted by Crippen LogP contribution is -2.07. The summed E-state index contributed by atoms with van der Waals surface area (Å²) in [6.07, 6.45) is -3.03. The number of alkyl halides is 3. The van der Waals surface area contributed by atoms with Crippen molar-refractivity contribution in [1.29, 1.82) is 0 Å². The van der Waals surface area contributed by atoms with Crippen LogP contribution in [0, 0.1) is 10.1 Å². The second kappa shape index (κ2) is 4.87. The Hall–Kier alpha value is -2.83. The Balaban J connectivity index is 2.25. The summed E-state index contributed by atoms with van der Waals surface area (Å²) >= 11 is 0. The minimum Gasteiger partial charge on any atom is -0.311 e. The van der Waals surface area contributed by atoms with Crippen molar-refractivity contribution < 1.29 is 18.1 Å². The highest BCUT2D eigenvalue weighted by molar-refractivity contribution is 5.82. The SMILES string of the molecule is O=[N+]([O-])c1cc(C(F)(F)F)ccc1-n1ccc2ccccc21. The zero-order valence-electron chi connectivity index (χ0n) is 11.0. The normalized spacial score (nSPS) is 11.8. The Morgan fingerprint density at radius 3 is 2.45 bits per heavy atom. The van der Waals surface area contributed by atoms with Crippen LogP contribution in [0.15, 0.2) is 54.7 Å². The molecule has 0 aliphatic carbocycles. The monoisotopic (exact) mass is 306 g/mol. The summed E-state index contributed by atoms with van der Waals surface area (Å²) in [4.78, 5) is 10.4. The van der Waals surface area contributed by atoms with Crippen molar-refractivity contribution in [2.45, 2.75) is 6.18 Å². The van der Waals surface area contributed by atoms with Crippen LogP contribution in [0.5, 0.6) is 0 Å². The van der Waals surface area contributed by atoms with Gasteiger partial charge in [-0.1, -0.05) is 18.2 Å². The number of nitro benzene ring substituents is 1. The zero-order valence-corrected chi connectivity index (χ0v) is 11.0. The number of hydrogen-bond donors (Lipinski definition) is 0. The summed E-state index contributed by atoms with van der Waals surface area (Å²) < 4.78 is 39.7. The topological polar surface area (TPSA) is 48.1 Å². The first kappa shape index (κ1) is 14.1. The van der Waals surface area contributed by atoms with Gasteiger partial charge in [0.2, 0.25) is 0 Å². The molecular weight excluding hydrogens is 297 g/mol. The van der Waals surface area contributed by atoms with Crippen molar-refractivity contribution in [3.05, 3.63) is 70.4 Å². The van der Waals surface area contributed by atoms with Gasteiger partial charge in [0.15, 0.2) is 0 Å². The largest absolute Gasteiger partial charge is 0.416 e. The van der Waals surface area contributed by atoms with Gasteiger partial charge >= 0.3 is 6.18 Å². The number of nitrogens with zero attached hydrogens (tertiary/aromatic N) is 2. The van der Waals surface area contributed by atoms with Gasteiger partial charge in [-0.05, 0) is 29.7 Å². The summed E-state index contributed by atoms with van der Waals surface area (Å²) in [5.41, 5.74) is -0.847. The van der Waals surface area contributed by atoms with Crippen LogP contribution in [0.25, 0.3) is 16.6 Å². The second-order valence-corrected chi connectivity index (χ2v) is 4.70. The fourth-order valence-electron chi connectivity index (χ4n) is 2.34. The average Bonchev–Trinajstić information content (AvgIpc) is 2.89. The van der Waals surface area contributed by atoms with Crippen LogP contribution in [0.4, 0.5) is 18.9 Å². The van der Waals surface area contributed by atoms with Crippen LogP contribution < -0.4 is 0 Å². The summed E-state index contributed by atoms with van der Waals surface area (Å²) in [6, 6.07) is 11.4. The van der Waals surface area contributed by atoms with Crippen molar-refractivity contribution in [3.8, 4) is 5.69 Å². The van der Waals surface area contributed by atoms with Crippen LogP contribution in [-0.2, 0) is 6.18 Å². The second-order valence-electron chi connectivity index (χ2n) is 4.70. The Labute approximate surface area is 122 Å². The van der Waals surface area contributed by atoms with E-state index in [1.54, 1.807) is 24.4 Å². The number of halogens is 3. The maximum absolute atomic E-state index is 12.7. The Morgan fingerprint density at radius 2 is 1.77 bits per heavy atom. The van der Waals surface area contributed by atoms with E-state index >= 15 is 0 Å². The smallest absolute Gasteiger partial charge is 0.311 e.